The first kappa shape index (κ1) is 11.5. The lowest BCUT2D eigenvalue weighted by Gasteiger charge is -1.99. The van der Waals surface area contributed by atoms with Gasteiger partial charge in [0.1, 0.15) is 0 Å². The fourth-order valence-electron chi connectivity index (χ4n) is 2.03. The number of benzene rings is 1. The number of aryl methyl sites for hydroxylation is 1. The van der Waals surface area contributed by atoms with Crippen LogP contribution in [0.2, 0.25) is 0 Å². The van der Waals surface area contributed by atoms with Crippen molar-refractivity contribution in [2.45, 2.75) is 32.2 Å². The molecule has 0 radical (unpaired) electrons. The largest absolute Gasteiger partial charge is 0.441 e. The first-order valence-corrected chi connectivity index (χ1v) is 6.56. The zero-order chi connectivity index (χ0) is 12.4. The highest BCUT2D eigenvalue weighted by molar-refractivity contribution is 5.57. The Hall–Kier alpha value is -1.61. The van der Waals surface area contributed by atoms with Crippen LogP contribution in [0.15, 0.2) is 34.9 Å². The first-order valence-electron chi connectivity index (χ1n) is 6.56. The van der Waals surface area contributed by atoms with Gasteiger partial charge in [-0.05, 0) is 25.8 Å². The molecule has 0 saturated heterocycles. The normalized spacial score (nSPS) is 14.9. The van der Waals surface area contributed by atoms with Crippen LogP contribution in [-0.2, 0) is 6.42 Å². The van der Waals surface area contributed by atoms with Gasteiger partial charge in [0.05, 0.1) is 6.20 Å². The van der Waals surface area contributed by atoms with Gasteiger partial charge in [-0.25, -0.2) is 4.98 Å². The molecule has 1 aliphatic rings. The summed E-state index contributed by atoms with van der Waals surface area (Å²) in [6.07, 6.45) is 5.32. The number of rotatable bonds is 5. The molecule has 1 aromatic heterocycles. The molecule has 1 aromatic carbocycles. The molecule has 1 saturated carbocycles. The van der Waals surface area contributed by atoms with Crippen molar-refractivity contribution in [1.29, 1.82) is 0 Å². The Morgan fingerprint density at radius 3 is 3.06 bits per heavy atom. The summed E-state index contributed by atoms with van der Waals surface area (Å²) in [4.78, 5) is 4.33. The van der Waals surface area contributed by atoms with E-state index in [0.717, 1.165) is 36.2 Å². The maximum Gasteiger partial charge on any atom is 0.196 e. The van der Waals surface area contributed by atoms with Crippen LogP contribution in [0, 0.1) is 6.92 Å². The highest BCUT2D eigenvalue weighted by Crippen LogP contribution is 2.22. The standard InChI is InChI=1S/C15H18N2O/c1-11-3-2-4-12(9-11)14-10-17-15(18-14)7-8-16-13-5-6-13/h2-4,9-10,13,16H,5-8H2,1H3. The Morgan fingerprint density at radius 2 is 2.28 bits per heavy atom. The van der Waals surface area contributed by atoms with Gasteiger partial charge in [0.15, 0.2) is 11.7 Å². The smallest absolute Gasteiger partial charge is 0.196 e. The number of hydrogen-bond donors (Lipinski definition) is 1. The predicted molar refractivity (Wildman–Crippen MR) is 71.4 cm³/mol. The highest BCUT2D eigenvalue weighted by atomic mass is 16.4. The molecule has 0 unspecified atom stereocenters. The monoisotopic (exact) mass is 242 g/mol. The summed E-state index contributed by atoms with van der Waals surface area (Å²) in [6, 6.07) is 9.05. The second-order valence-electron chi connectivity index (χ2n) is 4.97. The molecule has 3 rings (SSSR count). The van der Waals surface area contributed by atoms with E-state index in [1.807, 2.05) is 12.3 Å². The Bertz CT molecular complexity index is 529. The third-order valence-electron chi connectivity index (χ3n) is 3.21. The van der Waals surface area contributed by atoms with Gasteiger partial charge in [-0.15, -0.1) is 0 Å². The van der Waals surface area contributed by atoms with E-state index in [1.54, 1.807) is 0 Å². The van der Waals surface area contributed by atoms with E-state index in [-0.39, 0.29) is 0 Å². The fraction of sp³-hybridized carbons (Fsp3) is 0.400. The van der Waals surface area contributed by atoms with Crippen molar-refractivity contribution < 1.29 is 4.42 Å². The van der Waals surface area contributed by atoms with Crippen molar-refractivity contribution in [2.24, 2.45) is 0 Å². The summed E-state index contributed by atoms with van der Waals surface area (Å²) < 4.78 is 5.78. The van der Waals surface area contributed by atoms with Crippen LogP contribution in [0.3, 0.4) is 0 Å². The average molecular weight is 242 g/mol. The van der Waals surface area contributed by atoms with Gasteiger partial charge in [0, 0.05) is 24.6 Å². The van der Waals surface area contributed by atoms with E-state index in [9.17, 15) is 0 Å². The summed E-state index contributed by atoms with van der Waals surface area (Å²) in [7, 11) is 0. The second kappa shape index (κ2) is 4.94. The summed E-state index contributed by atoms with van der Waals surface area (Å²) in [6.45, 7) is 3.04. The summed E-state index contributed by atoms with van der Waals surface area (Å²) in [5.74, 6) is 1.68. The minimum Gasteiger partial charge on any atom is -0.441 e. The van der Waals surface area contributed by atoms with Gasteiger partial charge in [-0.2, -0.15) is 0 Å². The summed E-state index contributed by atoms with van der Waals surface area (Å²) in [5, 5.41) is 3.46. The van der Waals surface area contributed by atoms with Crippen LogP contribution in [0.4, 0.5) is 0 Å². The zero-order valence-corrected chi connectivity index (χ0v) is 10.6. The lowest BCUT2D eigenvalue weighted by Crippen LogP contribution is -2.19. The summed E-state index contributed by atoms with van der Waals surface area (Å²) >= 11 is 0. The third kappa shape index (κ3) is 2.79. The number of aromatic nitrogens is 1. The topological polar surface area (TPSA) is 38.1 Å². The van der Waals surface area contributed by atoms with E-state index in [4.69, 9.17) is 4.42 Å². The van der Waals surface area contributed by atoms with Crippen molar-refractivity contribution in [3.8, 4) is 11.3 Å². The van der Waals surface area contributed by atoms with Crippen LogP contribution in [-0.4, -0.2) is 17.6 Å². The van der Waals surface area contributed by atoms with Gasteiger partial charge in [-0.3, -0.25) is 0 Å². The Kier molecular flexibility index (Phi) is 3.15. The van der Waals surface area contributed by atoms with Crippen molar-refractivity contribution in [1.82, 2.24) is 10.3 Å². The van der Waals surface area contributed by atoms with E-state index >= 15 is 0 Å². The fourth-order valence-corrected chi connectivity index (χ4v) is 2.03. The van der Waals surface area contributed by atoms with Crippen molar-refractivity contribution in [3.63, 3.8) is 0 Å². The van der Waals surface area contributed by atoms with Gasteiger partial charge in [0.25, 0.3) is 0 Å². The van der Waals surface area contributed by atoms with Gasteiger partial charge < -0.3 is 9.73 Å². The lowest BCUT2D eigenvalue weighted by atomic mass is 10.1. The molecular formula is C15H18N2O. The summed E-state index contributed by atoms with van der Waals surface area (Å²) in [5.41, 5.74) is 2.34. The third-order valence-corrected chi connectivity index (χ3v) is 3.21. The number of oxazole rings is 1. The lowest BCUT2D eigenvalue weighted by molar-refractivity contribution is 0.494. The maximum absolute atomic E-state index is 5.78. The highest BCUT2D eigenvalue weighted by Gasteiger charge is 2.20. The quantitative estimate of drug-likeness (QED) is 0.876. The molecule has 0 aliphatic heterocycles. The molecule has 0 spiro atoms. The van der Waals surface area contributed by atoms with Crippen LogP contribution in [0.25, 0.3) is 11.3 Å². The Balaban J connectivity index is 1.64. The molecule has 0 amide bonds. The predicted octanol–water partition coefficient (Wildman–Crippen LogP) is 2.94. The molecule has 94 valence electrons. The van der Waals surface area contributed by atoms with Gasteiger partial charge in [-0.1, -0.05) is 23.8 Å². The van der Waals surface area contributed by atoms with Gasteiger partial charge in [0.2, 0.25) is 0 Å². The average Bonchev–Trinajstić information content (AvgIpc) is 3.06. The minimum atomic E-state index is 0.746. The molecular weight excluding hydrogens is 224 g/mol. The molecule has 1 aliphatic carbocycles. The van der Waals surface area contributed by atoms with Crippen LogP contribution >= 0.6 is 0 Å². The Labute approximate surface area is 107 Å². The molecule has 1 heterocycles. The molecule has 3 nitrogen and oxygen atoms in total. The zero-order valence-electron chi connectivity index (χ0n) is 10.6. The van der Waals surface area contributed by atoms with E-state index in [0.29, 0.717) is 0 Å². The molecule has 0 bridgehead atoms. The molecule has 2 aromatic rings. The van der Waals surface area contributed by atoms with Crippen LogP contribution in [0.5, 0.6) is 0 Å². The molecule has 1 N–H and O–H groups in total. The molecule has 0 atom stereocenters. The van der Waals surface area contributed by atoms with Crippen molar-refractivity contribution in [3.05, 3.63) is 41.9 Å². The van der Waals surface area contributed by atoms with Crippen molar-refractivity contribution >= 4 is 0 Å². The van der Waals surface area contributed by atoms with Crippen LogP contribution in [0.1, 0.15) is 24.3 Å². The second-order valence-corrected chi connectivity index (χ2v) is 4.97. The minimum absolute atomic E-state index is 0.746. The van der Waals surface area contributed by atoms with Gasteiger partial charge >= 0.3 is 0 Å². The molecule has 3 heteroatoms. The van der Waals surface area contributed by atoms with E-state index in [2.05, 4.69) is 35.4 Å². The molecule has 1 fully saturated rings. The SMILES string of the molecule is Cc1cccc(-c2cnc(CCNC3CC3)o2)c1. The number of nitrogens with zero attached hydrogens (tertiary/aromatic N) is 1. The Morgan fingerprint density at radius 1 is 1.39 bits per heavy atom. The van der Waals surface area contributed by atoms with Crippen LogP contribution < -0.4 is 5.32 Å². The van der Waals surface area contributed by atoms with Crippen molar-refractivity contribution in [2.75, 3.05) is 6.54 Å². The number of hydrogen-bond acceptors (Lipinski definition) is 3. The van der Waals surface area contributed by atoms with E-state index in [1.165, 1.54) is 18.4 Å². The number of nitrogens with one attached hydrogen (secondary N) is 1. The maximum atomic E-state index is 5.78. The van der Waals surface area contributed by atoms with E-state index < -0.39 is 0 Å². The first-order chi connectivity index (χ1) is 8.81. The molecule has 18 heavy (non-hydrogen) atoms.